The lowest BCUT2D eigenvalue weighted by Gasteiger charge is -2.28. The second-order valence-electron chi connectivity index (χ2n) is 14.0. The quantitative estimate of drug-likeness (QED) is 0.123. The zero-order valence-corrected chi connectivity index (χ0v) is 31.6. The van der Waals surface area contributed by atoms with Crippen LogP contribution >= 0.6 is 0 Å². The van der Waals surface area contributed by atoms with Crippen LogP contribution in [0, 0.1) is 11.6 Å². The maximum atomic E-state index is 14.6. The number of piperazine rings is 2. The third kappa shape index (κ3) is 10.8. The third-order valence-corrected chi connectivity index (χ3v) is 9.99. The summed E-state index contributed by atoms with van der Waals surface area (Å²) in [4.78, 5) is 70.3. The van der Waals surface area contributed by atoms with E-state index in [1.807, 2.05) is 18.9 Å². The van der Waals surface area contributed by atoms with E-state index in [4.69, 9.17) is 0 Å². The van der Waals surface area contributed by atoms with E-state index in [0.717, 1.165) is 78.0 Å². The lowest BCUT2D eigenvalue weighted by Crippen LogP contribution is -2.89. The minimum absolute atomic E-state index is 0. The van der Waals surface area contributed by atoms with E-state index in [1.54, 1.807) is 12.1 Å². The van der Waals surface area contributed by atoms with Gasteiger partial charge in [0.2, 0.25) is 10.9 Å². The van der Waals surface area contributed by atoms with Gasteiger partial charge in [-0.1, -0.05) is 0 Å². The maximum Gasteiger partial charge on any atom is 0.341 e. The summed E-state index contributed by atoms with van der Waals surface area (Å²) in [5, 5.41) is 42.0. The Morgan fingerprint density at radius 2 is 0.932 bits per heavy atom. The number of rotatable bonds is 8. The van der Waals surface area contributed by atoms with E-state index >= 15 is 0 Å². The number of nitrogens with two attached hydrogens (primary N) is 2. The molecule has 2 saturated heterocycles. The second-order valence-corrected chi connectivity index (χ2v) is 14.0. The minimum atomic E-state index is -1.55. The molecule has 19 nitrogen and oxygen atoms in total. The third-order valence-electron chi connectivity index (χ3n) is 9.99. The van der Waals surface area contributed by atoms with Gasteiger partial charge in [-0.05, 0) is 62.1 Å². The number of halogens is 2. The summed E-state index contributed by atoms with van der Waals surface area (Å²) in [6, 6.07) is 6.22. The van der Waals surface area contributed by atoms with Crippen molar-refractivity contribution in [2.24, 2.45) is 0 Å². The number of aromatic carboxylic acids is 2. The average Bonchev–Trinajstić information content (AvgIpc) is 4.11. The summed E-state index contributed by atoms with van der Waals surface area (Å²) >= 11 is 0. The molecule has 2 aromatic heterocycles. The Hall–Kier alpha value is -6.26. The summed E-state index contributed by atoms with van der Waals surface area (Å²) in [6.07, 6.45) is 7.38. The number of aromatic nitrogens is 2. The first-order chi connectivity index (χ1) is 26.7. The van der Waals surface area contributed by atoms with E-state index in [9.17, 15) is 58.0 Å². The lowest BCUT2D eigenvalue weighted by molar-refractivity contribution is -0.655. The smallest absolute Gasteiger partial charge is 0.341 e. The molecule has 4 heterocycles. The monoisotopic (exact) mass is 832 g/mol. The fourth-order valence-electron chi connectivity index (χ4n) is 6.93. The van der Waals surface area contributed by atoms with Gasteiger partial charge in [0.15, 0.2) is 0 Å². The van der Waals surface area contributed by atoms with Gasteiger partial charge in [0.1, 0.15) is 22.8 Å². The van der Waals surface area contributed by atoms with Crippen molar-refractivity contribution in [2.75, 3.05) is 62.2 Å². The van der Waals surface area contributed by atoms with Crippen LogP contribution in [-0.4, -0.2) is 112 Å². The number of carboxylic acids is 4. The Kier molecular flexibility index (Phi) is 15.9. The number of quaternary nitrogens is 2. The molecule has 59 heavy (non-hydrogen) atoms. The minimum Gasteiger partial charge on any atom is -0.545 e. The Morgan fingerprint density at radius 1 is 0.610 bits per heavy atom. The molecular weight excluding hydrogens is 786 g/mol. The largest absolute Gasteiger partial charge is 0.545 e. The highest BCUT2D eigenvalue weighted by Crippen LogP contribution is 2.39. The van der Waals surface area contributed by atoms with Crippen LogP contribution in [0.4, 0.5) is 20.2 Å². The van der Waals surface area contributed by atoms with Crippen LogP contribution in [0.5, 0.6) is 0 Å². The average molecular weight is 833 g/mol. The van der Waals surface area contributed by atoms with Gasteiger partial charge in [-0.2, -0.15) is 0 Å². The maximum absolute atomic E-state index is 14.6. The Bertz CT molecular complexity index is 2200. The number of carbonyl (C=O) groups is 4. The van der Waals surface area contributed by atoms with E-state index in [1.165, 1.54) is 24.5 Å². The molecule has 0 radical (unpaired) electrons. The van der Waals surface area contributed by atoms with E-state index in [0.29, 0.717) is 34.6 Å². The Morgan fingerprint density at radius 3 is 1.20 bits per heavy atom. The van der Waals surface area contributed by atoms with Crippen molar-refractivity contribution in [3.05, 3.63) is 92.0 Å². The van der Waals surface area contributed by atoms with Gasteiger partial charge in [-0.3, -0.25) is 9.59 Å². The summed E-state index contributed by atoms with van der Waals surface area (Å²) in [6.45, 7) is 6.64. The molecule has 0 atom stereocenters. The standard InChI is InChI=1S/2C17H18FN3O3.C4H4O4.3H2O/c2*18-13-7-11-14(8-15(13)20-5-3-19-4-6-20)21(10-1-2-10)9-12(16(11)22)17(23)24;5-3(6)1-2-4(7)8;;;/h2*7-10,19H,1-6H2,(H,23,24);1-2H,(H,5,6)(H,7,8);3*1H2/b;;2-1+;;;. The molecule has 8 rings (SSSR count). The molecule has 2 saturated carbocycles. The topological polar surface area (TPSA) is 333 Å². The van der Waals surface area contributed by atoms with Gasteiger partial charge < -0.3 is 76.0 Å². The molecular formula is C38H46F2N6O13. The van der Waals surface area contributed by atoms with E-state index in [-0.39, 0.29) is 50.4 Å². The Labute approximate surface area is 333 Å². The number of hydrogen-bond acceptors (Lipinski definition) is 10. The molecule has 12 N–H and O–H groups in total. The van der Waals surface area contributed by atoms with Gasteiger partial charge in [0.25, 0.3) is 0 Å². The van der Waals surface area contributed by atoms with E-state index < -0.39 is 46.4 Å². The van der Waals surface area contributed by atoms with Gasteiger partial charge in [0.05, 0.1) is 86.7 Å². The first-order valence-corrected chi connectivity index (χ1v) is 18.2. The highest BCUT2D eigenvalue weighted by Gasteiger charge is 2.30. The molecule has 320 valence electrons. The Balaban J connectivity index is 0.000000256. The zero-order chi connectivity index (χ0) is 40.3. The van der Waals surface area contributed by atoms with Crippen molar-refractivity contribution in [1.29, 1.82) is 0 Å². The molecule has 0 spiro atoms. The van der Waals surface area contributed by atoms with Gasteiger partial charge in [-0.25, -0.2) is 18.4 Å². The van der Waals surface area contributed by atoms with Crippen molar-refractivity contribution >= 4 is 57.1 Å². The summed E-state index contributed by atoms with van der Waals surface area (Å²) in [5.74, 6) is -6.57. The summed E-state index contributed by atoms with van der Waals surface area (Å²) < 4.78 is 32.9. The SMILES string of the molecule is O.O.O.O=C(O)c1cn(C2CC2)c2cc(N3CC[NH2+]CC3)c(F)cc2c1=O.O=C(O)c1cn(C2CC2)c2cc(N3CC[NH2+]CC3)c(F)cc2c1=O.O=C([O-])/C=C/C(=O)[O-]. The number of nitrogens with zero attached hydrogens (tertiary/aromatic N) is 4. The molecule has 0 unspecified atom stereocenters. The van der Waals surface area contributed by atoms with Crippen LogP contribution in [0.15, 0.2) is 58.4 Å². The van der Waals surface area contributed by atoms with Crippen LogP contribution in [0.2, 0.25) is 0 Å². The molecule has 4 aliphatic rings. The molecule has 0 amide bonds. The number of fused-ring (bicyclic) bond motifs is 2. The summed E-state index contributed by atoms with van der Waals surface area (Å²) in [7, 11) is 0. The van der Waals surface area contributed by atoms with Gasteiger partial charge in [0, 0.05) is 35.2 Å². The normalized spacial score (nSPS) is 16.0. The number of anilines is 2. The number of benzene rings is 2. The molecule has 0 bridgehead atoms. The molecule has 2 aliphatic heterocycles. The first-order valence-electron chi connectivity index (χ1n) is 18.2. The zero-order valence-electron chi connectivity index (χ0n) is 31.6. The van der Waals surface area contributed by atoms with Crippen molar-refractivity contribution in [1.82, 2.24) is 9.13 Å². The van der Waals surface area contributed by atoms with Crippen LogP contribution < -0.4 is 41.5 Å². The summed E-state index contributed by atoms with van der Waals surface area (Å²) in [5.41, 5.74) is 0.402. The van der Waals surface area contributed by atoms with E-state index in [2.05, 4.69) is 10.6 Å². The predicted molar refractivity (Wildman–Crippen MR) is 205 cm³/mol. The predicted octanol–water partition coefficient (Wildman–Crippen LogP) is -4.32. The fourth-order valence-corrected chi connectivity index (χ4v) is 6.93. The highest BCUT2D eigenvalue weighted by atomic mass is 19.1. The van der Waals surface area contributed by atoms with Crippen molar-refractivity contribution in [3.63, 3.8) is 0 Å². The van der Waals surface area contributed by atoms with Crippen LogP contribution in [0.3, 0.4) is 0 Å². The van der Waals surface area contributed by atoms with Crippen LogP contribution in [0.25, 0.3) is 21.8 Å². The van der Waals surface area contributed by atoms with Crippen molar-refractivity contribution in [3.8, 4) is 0 Å². The lowest BCUT2D eigenvalue weighted by atomic mass is 10.1. The van der Waals surface area contributed by atoms with Gasteiger partial charge in [-0.15, -0.1) is 0 Å². The second kappa shape index (κ2) is 19.9. The number of hydrogen-bond donors (Lipinski definition) is 4. The highest BCUT2D eigenvalue weighted by molar-refractivity contribution is 5.95. The fraction of sp³-hybridized carbons (Fsp3) is 0.368. The molecule has 4 aromatic rings. The van der Waals surface area contributed by atoms with Crippen molar-refractivity contribution < 1.29 is 75.4 Å². The van der Waals surface area contributed by atoms with Gasteiger partial charge >= 0.3 is 11.9 Å². The van der Waals surface area contributed by atoms with Crippen LogP contribution in [0.1, 0.15) is 58.5 Å². The van der Waals surface area contributed by atoms with Crippen molar-refractivity contribution in [2.45, 2.75) is 37.8 Å². The van der Waals surface area contributed by atoms with Crippen LogP contribution in [-0.2, 0) is 9.59 Å². The number of carbonyl (C=O) groups excluding carboxylic acids is 2. The molecule has 2 aliphatic carbocycles. The molecule has 21 heteroatoms. The molecule has 4 fully saturated rings. The first kappa shape index (κ1) is 47.1. The number of carboxylic acid groups (broad SMARTS) is 4. The number of pyridine rings is 2. The molecule has 2 aromatic carbocycles. The number of aliphatic carboxylic acids is 2.